The molecule has 17 heavy (non-hydrogen) atoms. The van der Waals surface area contributed by atoms with Crippen molar-refractivity contribution in [2.45, 2.75) is 32.2 Å². The number of carbonyl (C=O) groups is 1. The molecule has 0 spiro atoms. The summed E-state index contributed by atoms with van der Waals surface area (Å²) >= 11 is 0. The van der Waals surface area contributed by atoms with Crippen LogP contribution >= 0.6 is 0 Å². The topological polar surface area (TPSA) is 82.7 Å². The Morgan fingerprint density at radius 2 is 2.53 bits per heavy atom. The van der Waals surface area contributed by atoms with Crippen molar-refractivity contribution in [3.05, 3.63) is 12.2 Å². The summed E-state index contributed by atoms with van der Waals surface area (Å²) in [5.74, 6) is 1.31. The molecule has 1 aromatic rings. The van der Waals surface area contributed by atoms with Gasteiger partial charge in [-0.3, -0.25) is 9.89 Å². The van der Waals surface area contributed by atoms with E-state index in [0.29, 0.717) is 18.9 Å². The highest BCUT2D eigenvalue weighted by atomic mass is 16.2. The predicted molar refractivity (Wildman–Crippen MR) is 63.3 cm³/mol. The lowest BCUT2D eigenvalue weighted by molar-refractivity contribution is -0.124. The number of rotatable bonds is 4. The zero-order valence-corrected chi connectivity index (χ0v) is 10.1. The number of nitrogens with zero attached hydrogens (tertiary/aromatic N) is 2. The fraction of sp³-hybridized carbons (Fsp3) is 0.727. The summed E-state index contributed by atoms with van der Waals surface area (Å²) in [4.78, 5) is 15.9. The van der Waals surface area contributed by atoms with E-state index in [1.807, 2.05) is 0 Å². The lowest BCUT2D eigenvalue weighted by Crippen LogP contribution is -2.51. The van der Waals surface area contributed by atoms with E-state index < -0.39 is 0 Å². The molecule has 2 rings (SSSR count). The molecule has 6 heteroatoms. The van der Waals surface area contributed by atoms with Gasteiger partial charge in [-0.2, -0.15) is 5.10 Å². The largest absolute Gasteiger partial charge is 0.354 e. The van der Waals surface area contributed by atoms with Crippen molar-refractivity contribution < 1.29 is 4.79 Å². The van der Waals surface area contributed by atoms with Gasteiger partial charge in [0.15, 0.2) is 0 Å². The zero-order chi connectivity index (χ0) is 12.1. The molecule has 0 aromatic carbocycles. The van der Waals surface area contributed by atoms with Crippen molar-refractivity contribution in [2.24, 2.45) is 5.92 Å². The second-order valence-electron chi connectivity index (χ2n) is 4.52. The zero-order valence-electron chi connectivity index (χ0n) is 10.1. The highest BCUT2D eigenvalue weighted by molar-refractivity contribution is 5.82. The first-order chi connectivity index (χ1) is 8.27. The Morgan fingerprint density at radius 3 is 3.24 bits per heavy atom. The van der Waals surface area contributed by atoms with Gasteiger partial charge in [0.1, 0.15) is 12.2 Å². The molecule has 94 valence electrons. The molecule has 2 atom stereocenters. The van der Waals surface area contributed by atoms with Crippen LogP contribution in [0.4, 0.5) is 0 Å². The summed E-state index contributed by atoms with van der Waals surface area (Å²) in [6.07, 6.45) is 4.44. The maximum absolute atomic E-state index is 11.9. The van der Waals surface area contributed by atoms with E-state index in [9.17, 15) is 4.79 Å². The van der Waals surface area contributed by atoms with Gasteiger partial charge in [-0.05, 0) is 25.3 Å². The Balaban J connectivity index is 1.73. The first-order valence-corrected chi connectivity index (χ1v) is 6.12. The van der Waals surface area contributed by atoms with Gasteiger partial charge in [-0.1, -0.05) is 6.92 Å². The summed E-state index contributed by atoms with van der Waals surface area (Å²) in [5.41, 5.74) is 0. The summed E-state index contributed by atoms with van der Waals surface area (Å²) in [5, 5.41) is 12.7. The van der Waals surface area contributed by atoms with Crippen LogP contribution in [0.2, 0.25) is 0 Å². The maximum atomic E-state index is 11.9. The Bertz CT molecular complexity index is 351. The Kier molecular flexibility index (Phi) is 4.08. The molecule has 3 N–H and O–H groups in total. The van der Waals surface area contributed by atoms with Crippen molar-refractivity contribution >= 4 is 5.91 Å². The van der Waals surface area contributed by atoms with Gasteiger partial charge in [0.2, 0.25) is 5.91 Å². The lowest BCUT2D eigenvalue weighted by Gasteiger charge is -2.28. The third-order valence-corrected chi connectivity index (χ3v) is 3.18. The molecular formula is C11H19N5O. The quantitative estimate of drug-likeness (QED) is 0.680. The summed E-state index contributed by atoms with van der Waals surface area (Å²) in [6.45, 7) is 3.65. The van der Waals surface area contributed by atoms with Crippen molar-refractivity contribution in [1.29, 1.82) is 0 Å². The van der Waals surface area contributed by atoms with E-state index in [-0.39, 0.29) is 11.9 Å². The molecular weight excluding hydrogens is 218 g/mol. The number of nitrogens with one attached hydrogen (secondary N) is 3. The van der Waals surface area contributed by atoms with Crippen LogP contribution < -0.4 is 10.6 Å². The van der Waals surface area contributed by atoms with E-state index >= 15 is 0 Å². The van der Waals surface area contributed by atoms with Crippen molar-refractivity contribution in [2.75, 3.05) is 13.1 Å². The van der Waals surface area contributed by atoms with E-state index in [0.717, 1.165) is 25.2 Å². The number of hydrogen-bond acceptors (Lipinski definition) is 4. The lowest BCUT2D eigenvalue weighted by atomic mass is 9.92. The van der Waals surface area contributed by atoms with Crippen LogP contribution in [-0.2, 0) is 11.2 Å². The monoisotopic (exact) mass is 237 g/mol. The molecule has 0 aliphatic carbocycles. The SMILES string of the molecule is CC1CCCNC1C(=O)NCCc1ncn[nH]1. The molecule has 6 nitrogen and oxygen atoms in total. The normalized spacial score (nSPS) is 24.5. The summed E-state index contributed by atoms with van der Waals surface area (Å²) in [7, 11) is 0. The van der Waals surface area contributed by atoms with Crippen LogP contribution in [0.25, 0.3) is 0 Å². The summed E-state index contributed by atoms with van der Waals surface area (Å²) in [6, 6.07) is -0.0431. The van der Waals surface area contributed by atoms with Crippen LogP contribution in [0.5, 0.6) is 0 Å². The fourth-order valence-corrected chi connectivity index (χ4v) is 2.17. The van der Waals surface area contributed by atoms with Crippen molar-refractivity contribution in [3.63, 3.8) is 0 Å². The molecule has 1 aliphatic heterocycles. The van der Waals surface area contributed by atoms with Gasteiger partial charge in [0.05, 0.1) is 6.04 Å². The smallest absolute Gasteiger partial charge is 0.237 e. The number of H-pyrrole nitrogens is 1. The average Bonchev–Trinajstić information content (AvgIpc) is 2.82. The molecule has 1 aromatic heterocycles. The van der Waals surface area contributed by atoms with Crippen LogP contribution in [-0.4, -0.2) is 40.2 Å². The van der Waals surface area contributed by atoms with Crippen LogP contribution in [0.1, 0.15) is 25.6 Å². The minimum atomic E-state index is -0.0431. The average molecular weight is 237 g/mol. The molecule has 2 heterocycles. The van der Waals surface area contributed by atoms with Crippen molar-refractivity contribution in [1.82, 2.24) is 25.8 Å². The highest BCUT2D eigenvalue weighted by Crippen LogP contribution is 2.15. The molecule has 0 bridgehead atoms. The fourth-order valence-electron chi connectivity index (χ4n) is 2.17. The van der Waals surface area contributed by atoms with E-state index in [4.69, 9.17) is 0 Å². The third kappa shape index (κ3) is 3.26. The van der Waals surface area contributed by atoms with Crippen molar-refractivity contribution in [3.8, 4) is 0 Å². The standard InChI is InChI=1S/C11H19N5O/c1-8-3-2-5-12-10(8)11(17)13-6-4-9-14-7-15-16-9/h7-8,10,12H,2-6H2,1H3,(H,13,17)(H,14,15,16). The maximum Gasteiger partial charge on any atom is 0.237 e. The predicted octanol–water partition coefficient (Wildman–Crippen LogP) is -0.148. The first kappa shape index (κ1) is 12.0. The van der Waals surface area contributed by atoms with E-state index in [1.165, 1.54) is 6.33 Å². The second-order valence-corrected chi connectivity index (χ2v) is 4.52. The second kappa shape index (κ2) is 5.77. The number of amides is 1. The van der Waals surface area contributed by atoms with E-state index in [1.54, 1.807) is 0 Å². The molecule has 1 amide bonds. The molecule has 1 fully saturated rings. The van der Waals surface area contributed by atoms with Crippen LogP contribution in [0.15, 0.2) is 6.33 Å². The Labute approximate surface area is 101 Å². The van der Waals surface area contributed by atoms with E-state index in [2.05, 4.69) is 32.7 Å². The van der Waals surface area contributed by atoms with Crippen LogP contribution in [0, 0.1) is 5.92 Å². The first-order valence-electron chi connectivity index (χ1n) is 6.12. The van der Waals surface area contributed by atoms with Gasteiger partial charge in [-0.15, -0.1) is 0 Å². The minimum absolute atomic E-state index is 0.0431. The molecule has 0 saturated carbocycles. The minimum Gasteiger partial charge on any atom is -0.354 e. The van der Waals surface area contributed by atoms with Gasteiger partial charge in [-0.25, -0.2) is 4.98 Å². The Hall–Kier alpha value is -1.43. The summed E-state index contributed by atoms with van der Waals surface area (Å²) < 4.78 is 0. The molecule has 1 aliphatic rings. The van der Waals surface area contributed by atoms with Crippen LogP contribution in [0.3, 0.4) is 0 Å². The number of carbonyl (C=O) groups excluding carboxylic acids is 1. The Morgan fingerprint density at radius 1 is 1.65 bits per heavy atom. The molecule has 1 saturated heterocycles. The number of hydrogen-bond donors (Lipinski definition) is 3. The highest BCUT2D eigenvalue weighted by Gasteiger charge is 2.26. The third-order valence-electron chi connectivity index (χ3n) is 3.18. The van der Waals surface area contributed by atoms with Gasteiger partial charge >= 0.3 is 0 Å². The number of piperidine rings is 1. The number of aromatic nitrogens is 3. The van der Waals surface area contributed by atoms with Gasteiger partial charge < -0.3 is 10.6 Å². The number of aromatic amines is 1. The molecule has 0 radical (unpaired) electrons. The molecule has 2 unspecified atom stereocenters. The van der Waals surface area contributed by atoms with Gasteiger partial charge in [0.25, 0.3) is 0 Å². The van der Waals surface area contributed by atoms with Gasteiger partial charge in [0, 0.05) is 13.0 Å².